The molecule has 0 aliphatic carbocycles. The fraction of sp³-hybridized carbons (Fsp3) is 0.583. The number of hydrogen-bond donors (Lipinski definition) is 1. The van der Waals surface area contributed by atoms with Gasteiger partial charge in [0.05, 0.1) is 12.4 Å². The number of aliphatic hydroxyl groups excluding tert-OH is 1. The molecule has 96 valence electrons. The Morgan fingerprint density at radius 3 is 2.82 bits per heavy atom. The third-order valence-electron chi connectivity index (χ3n) is 2.36. The number of ether oxygens (including phenoxy) is 1. The highest BCUT2D eigenvalue weighted by molar-refractivity contribution is 7.99. The summed E-state index contributed by atoms with van der Waals surface area (Å²) in [5.74, 6) is 1.63. The summed E-state index contributed by atoms with van der Waals surface area (Å²) in [5.41, 5.74) is 0. The first-order valence-corrected chi connectivity index (χ1v) is 6.53. The van der Waals surface area contributed by atoms with Crippen LogP contribution in [0, 0.1) is 5.92 Å². The Labute approximate surface area is 105 Å². The number of carbonyl (C=O) groups is 1. The van der Waals surface area contributed by atoms with E-state index in [1.54, 1.807) is 23.9 Å². The fourth-order valence-electron chi connectivity index (χ4n) is 1.23. The van der Waals surface area contributed by atoms with Crippen molar-refractivity contribution in [2.24, 2.45) is 5.92 Å². The first-order chi connectivity index (χ1) is 8.08. The maximum absolute atomic E-state index is 11.2. The standard InChI is InChI=1S/C12H18O4S/c1-8(6-13)7-17-9(2)10-4-5-11(16-10)12(14)15-3/h4-5,8-9,13H,6-7H2,1-3H3. The van der Waals surface area contributed by atoms with Gasteiger partial charge in [0.25, 0.3) is 0 Å². The highest BCUT2D eigenvalue weighted by Gasteiger charge is 2.16. The normalized spacial score (nSPS) is 14.4. The molecule has 0 fully saturated rings. The zero-order valence-corrected chi connectivity index (χ0v) is 11.1. The number of hydrogen-bond acceptors (Lipinski definition) is 5. The van der Waals surface area contributed by atoms with Crippen molar-refractivity contribution in [3.05, 3.63) is 23.7 Å². The van der Waals surface area contributed by atoms with Crippen LogP contribution in [0.15, 0.2) is 16.5 Å². The molecule has 0 radical (unpaired) electrons. The number of rotatable bonds is 6. The average Bonchev–Trinajstić information content (AvgIpc) is 2.83. The van der Waals surface area contributed by atoms with Gasteiger partial charge < -0.3 is 14.3 Å². The molecule has 0 aliphatic rings. The van der Waals surface area contributed by atoms with Crippen molar-refractivity contribution >= 4 is 17.7 Å². The van der Waals surface area contributed by atoms with Gasteiger partial charge >= 0.3 is 5.97 Å². The highest BCUT2D eigenvalue weighted by atomic mass is 32.2. The molecule has 2 atom stereocenters. The summed E-state index contributed by atoms with van der Waals surface area (Å²) in [6.45, 7) is 4.18. The van der Waals surface area contributed by atoms with Crippen molar-refractivity contribution < 1.29 is 19.1 Å². The highest BCUT2D eigenvalue weighted by Crippen LogP contribution is 2.30. The smallest absolute Gasteiger partial charge is 0.373 e. The number of furan rings is 1. The van der Waals surface area contributed by atoms with Crippen molar-refractivity contribution in [1.82, 2.24) is 0 Å². The van der Waals surface area contributed by atoms with Crippen LogP contribution in [0.3, 0.4) is 0 Å². The molecule has 1 rings (SSSR count). The largest absolute Gasteiger partial charge is 0.463 e. The molecule has 0 bridgehead atoms. The molecule has 0 saturated carbocycles. The van der Waals surface area contributed by atoms with E-state index >= 15 is 0 Å². The number of thioether (sulfide) groups is 1. The van der Waals surface area contributed by atoms with Crippen LogP contribution in [0.25, 0.3) is 0 Å². The first-order valence-electron chi connectivity index (χ1n) is 5.49. The quantitative estimate of drug-likeness (QED) is 0.794. The summed E-state index contributed by atoms with van der Waals surface area (Å²) >= 11 is 1.69. The van der Waals surface area contributed by atoms with E-state index < -0.39 is 5.97 Å². The van der Waals surface area contributed by atoms with Gasteiger partial charge in [0, 0.05) is 6.61 Å². The molecule has 1 aromatic rings. The van der Waals surface area contributed by atoms with E-state index in [0.717, 1.165) is 11.5 Å². The second-order valence-electron chi connectivity index (χ2n) is 3.96. The van der Waals surface area contributed by atoms with E-state index in [-0.39, 0.29) is 23.5 Å². The molecule has 1 aromatic heterocycles. The van der Waals surface area contributed by atoms with Crippen LogP contribution < -0.4 is 0 Å². The summed E-state index contributed by atoms with van der Waals surface area (Å²) in [6.07, 6.45) is 0. The second kappa shape index (κ2) is 6.71. The number of carbonyl (C=O) groups excluding carboxylic acids is 1. The zero-order valence-electron chi connectivity index (χ0n) is 10.3. The minimum Gasteiger partial charge on any atom is -0.463 e. The molecule has 0 saturated heterocycles. The topological polar surface area (TPSA) is 59.7 Å². The Kier molecular flexibility index (Phi) is 5.58. The van der Waals surface area contributed by atoms with Gasteiger partial charge in [-0.2, -0.15) is 11.8 Å². The lowest BCUT2D eigenvalue weighted by atomic mass is 10.2. The van der Waals surface area contributed by atoms with E-state index in [4.69, 9.17) is 9.52 Å². The molecule has 5 heteroatoms. The van der Waals surface area contributed by atoms with Crippen molar-refractivity contribution in [2.45, 2.75) is 19.1 Å². The minimum absolute atomic E-state index is 0.155. The summed E-state index contributed by atoms with van der Waals surface area (Å²) in [5, 5.41) is 9.08. The van der Waals surface area contributed by atoms with Crippen LogP contribution in [0.2, 0.25) is 0 Å². The lowest BCUT2D eigenvalue weighted by molar-refractivity contribution is 0.0563. The number of esters is 1. The predicted octanol–water partition coefficient (Wildman–Crippen LogP) is 2.49. The third kappa shape index (κ3) is 4.09. The SMILES string of the molecule is COC(=O)c1ccc(C(C)SCC(C)CO)o1. The van der Waals surface area contributed by atoms with E-state index in [1.165, 1.54) is 7.11 Å². The molecule has 1 heterocycles. The predicted molar refractivity (Wildman–Crippen MR) is 67.2 cm³/mol. The van der Waals surface area contributed by atoms with Crippen molar-refractivity contribution in [2.75, 3.05) is 19.5 Å². The van der Waals surface area contributed by atoms with Crippen LogP contribution in [-0.4, -0.2) is 30.5 Å². The summed E-state index contributed by atoms with van der Waals surface area (Å²) in [4.78, 5) is 11.2. The molecular formula is C12H18O4S. The molecule has 0 spiro atoms. The van der Waals surface area contributed by atoms with E-state index in [2.05, 4.69) is 4.74 Å². The lowest BCUT2D eigenvalue weighted by Gasteiger charge is -2.11. The molecule has 0 aromatic carbocycles. The van der Waals surface area contributed by atoms with Gasteiger partial charge in [0.2, 0.25) is 5.76 Å². The maximum atomic E-state index is 11.2. The van der Waals surface area contributed by atoms with Gasteiger partial charge in [-0.25, -0.2) is 4.79 Å². The van der Waals surface area contributed by atoms with Crippen LogP contribution in [-0.2, 0) is 4.74 Å². The van der Waals surface area contributed by atoms with Gasteiger partial charge in [-0.3, -0.25) is 0 Å². The van der Waals surface area contributed by atoms with Gasteiger partial charge in [0.15, 0.2) is 0 Å². The third-order valence-corrected chi connectivity index (χ3v) is 3.85. The maximum Gasteiger partial charge on any atom is 0.373 e. The number of aliphatic hydroxyl groups is 1. The zero-order chi connectivity index (χ0) is 12.8. The van der Waals surface area contributed by atoms with E-state index in [9.17, 15) is 4.79 Å². The Hall–Kier alpha value is -0.940. The van der Waals surface area contributed by atoms with Gasteiger partial charge in [-0.15, -0.1) is 0 Å². The lowest BCUT2D eigenvalue weighted by Crippen LogP contribution is -2.04. The summed E-state index contributed by atoms with van der Waals surface area (Å²) in [7, 11) is 1.33. The molecule has 0 amide bonds. The van der Waals surface area contributed by atoms with Gasteiger partial charge in [-0.1, -0.05) is 6.92 Å². The van der Waals surface area contributed by atoms with Crippen LogP contribution in [0.4, 0.5) is 0 Å². The average molecular weight is 258 g/mol. The van der Waals surface area contributed by atoms with Crippen molar-refractivity contribution in [1.29, 1.82) is 0 Å². The molecule has 0 aliphatic heterocycles. The Bertz CT molecular complexity index is 361. The molecule has 2 unspecified atom stereocenters. The van der Waals surface area contributed by atoms with Crippen LogP contribution in [0.5, 0.6) is 0 Å². The summed E-state index contributed by atoms with van der Waals surface area (Å²) in [6, 6.07) is 3.40. The Balaban J connectivity index is 2.54. The Morgan fingerprint density at radius 1 is 1.53 bits per heavy atom. The van der Waals surface area contributed by atoms with Crippen molar-refractivity contribution in [3.63, 3.8) is 0 Å². The monoisotopic (exact) mass is 258 g/mol. The van der Waals surface area contributed by atoms with Crippen LogP contribution >= 0.6 is 11.8 Å². The van der Waals surface area contributed by atoms with Gasteiger partial charge in [0.1, 0.15) is 5.76 Å². The van der Waals surface area contributed by atoms with Crippen LogP contribution in [0.1, 0.15) is 35.4 Å². The Morgan fingerprint density at radius 2 is 2.24 bits per heavy atom. The fourth-order valence-corrected chi connectivity index (χ4v) is 2.24. The second-order valence-corrected chi connectivity index (χ2v) is 5.33. The van der Waals surface area contributed by atoms with E-state index in [1.807, 2.05) is 13.8 Å². The number of methoxy groups -OCH3 is 1. The van der Waals surface area contributed by atoms with Crippen molar-refractivity contribution in [3.8, 4) is 0 Å². The molecule has 17 heavy (non-hydrogen) atoms. The molecule has 1 N–H and O–H groups in total. The minimum atomic E-state index is -0.461. The van der Waals surface area contributed by atoms with E-state index in [0.29, 0.717) is 0 Å². The van der Waals surface area contributed by atoms with Gasteiger partial charge in [-0.05, 0) is 30.7 Å². The molecule has 4 nitrogen and oxygen atoms in total. The molecular weight excluding hydrogens is 240 g/mol. The first kappa shape index (κ1) is 14.1. The summed E-state index contributed by atoms with van der Waals surface area (Å²) < 4.78 is 9.98.